The Morgan fingerprint density at radius 2 is 1.89 bits per heavy atom. The van der Waals surface area contributed by atoms with Crippen molar-refractivity contribution in [2.24, 2.45) is 11.3 Å². The van der Waals surface area contributed by atoms with Crippen LogP contribution in [-0.2, 0) is 11.3 Å². The lowest BCUT2D eigenvalue weighted by molar-refractivity contribution is -0.134. The van der Waals surface area contributed by atoms with Gasteiger partial charge in [-0.15, -0.1) is 0 Å². The zero-order valence-electron chi connectivity index (χ0n) is 15.9. The third-order valence-corrected chi connectivity index (χ3v) is 6.10. The van der Waals surface area contributed by atoms with Crippen molar-refractivity contribution in [3.8, 4) is 0 Å². The number of pyridine rings is 1. The molecule has 6 heteroatoms. The molecule has 1 saturated heterocycles. The largest absolute Gasteiger partial charge is 0.351 e. The van der Waals surface area contributed by atoms with Crippen molar-refractivity contribution >= 4 is 17.5 Å². The molecule has 6 nitrogen and oxygen atoms in total. The first-order valence-electron chi connectivity index (χ1n) is 9.97. The Balaban J connectivity index is 1.33. The van der Waals surface area contributed by atoms with Crippen LogP contribution in [0.3, 0.4) is 0 Å². The van der Waals surface area contributed by atoms with Gasteiger partial charge in [-0.2, -0.15) is 0 Å². The molecule has 0 bridgehead atoms. The van der Waals surface area contributed by atoms with Gasteiger partial charge in [0.2, 0.25) is 5.91 Å². The van der Waals surface area contributed by atoms with E-state index in [4.69, 9.17) is 0 Å². The molecule has 1 aliphatic carbocycles. The molecule has 0 unspecified atom stereocenters. The number of aromatic nitrogens is 1. The summed E-state index contributed by atoms with van der Waals surface area (Å²) in [5.74, 6) is 0.476. The molecule has 28 heavy (non-hydrogen) atoms. The molecule has 2 aliphatic rings. The van der Waals surface area contributed by atoms with Crippen LogP contribution in [0.2, 0.25) is 0 Å². The topological polar surface area (TPSA) is 83.1 Å². The number of rotatable bonds is 5. The van der Waals surface area contributed by atoms with Crippen LogP contribution in [0.15, 0.2) is 48.8 Å². The molecule has 2 aromatic rings. The summed E-state index contributed by atoms with van der Waals surface area (Å²) in [4.78, 5) is 29.0. The summed E-state index contributed by atoms with van der Waals surface area (Å²) in [6.45, 7) is 2.26. The summed E-state index contributed by atoms with van der Waals surface area (Å²) >= 11 is 0. The average molecular weight is 378 g/mol. The minimum atomic E-state index is -0.225. The number of carbonyl (C=O) groups excluding carboxylic acids is 2. The molecule has 2 amide bonds. The van der Waals surface area contributed by atoms with E-state index >= 15 is 0 Å². The van der Waals surface area contributed by atoms with Crippen LogP contribution in [0.5, 0.6) is 0 Å². The van der Waals surface area contributed by atoms with E-state index in [1.807, 2.05) is 24.3 Å². The number of benzene rings is 1. The van der Waals surface area contributed by atoms with Crippen molar-refractivity contribution in [1.29, 1.82) is 0 Å². The summed E-state index contributed by atoms with van der Waals surface area (Å²) in [6, 6.07) is 10.9. The smallest absolute Gasteiger partial charge is 0.255 e. The highest BCUT2D eigenvalue weighted by molar-refractivity contribution is 6.04. The maximum Gasteiger partial charge on any atom is 0.255 e. The normalized spacial score (nSPS) is 23.6. The van der Waals surface area contributed by atoms with Gasteiger partial charge in [-0.1, -0.05) is 25.0 Å². The van der Waals surface area contributed by atoms with Gasteiger partial charge in [-0.3, -0.25) is 14.6 Å². The lowest BCUT2D eigenvalue weighted by Crippen LogP contribution is -2.47. The second kappa shape index (κ2) is 8.10. The zero-order chi connectivity index (χ0) is 19.4. The molecule has 1 aliphatic heterocycles. The number of amides is 2. The number of carbonyl (C=O) groups is 2. The number of anilines is 1. The van der Waals surface area contributed by atoms with Crippen LogP contribution in [0.25, 0.3) is 0 Å². The summed E-state index contributed by atoms with van der Waals surface area (Å²) in [5.41, 5.74) is 2.09. The predicted octanol–water partition coefficient (Wildman–Crippen LogP) is 2.73. The zero-order valence-corrected chi connectivity index (χ0v) is 15.9. The first kappa shape index (κ1) is 18.6. The maximum absolute atomic E-state index is 12.9. The van der Waals surface area contributed by atoms with E-state index in [-0.39, 0.29) is 17.2 Å². The molecule has 0 radical (unpaired) electrons. The van der Waals surface area contributed by atoms with Gasteiger partial charge in [-0.25, -0.2) is 0 Å². The summed E-state index contributed by atoms with van der Waals surface area (Å²) in [6.07, 6.45) is 7.68. The van der Waals surface area contributed by atoms with Gasteiger partial charge in [0, 0.05) is 36.7 Å². The molecule has 1 aromatic carbocycles. The van der Waals surface area contributed by atoms with Crippen LogP contribution in [-0.4, -0.2) is 29.9 Å². The lowest BCUT2D eigenvalue weighted by atomic mass is 9.67. The fraction of sp³-hybridized carbons (Fsp3) is 0.409. The molecule has 3 N–H and O–H groups in total. The van der Waals surface area contributed by atoms with Crippen LogP contribution in [0.4, 0.5) is 5.69 Å². The van der Waals surface area contributed by atoms with Crippen LogP contribution in [0.1, 0.15) is 41.6 Å². The summed E-state index contributed by atoms with van der Waals surface area (Å²) in [7, 11) is 0. The van der Waals surface area contributed by atoms with E-state index in [0.717, 1.165) is 43.6 Å². The Bertz CT molecular complexity index is 837. The van der Waals surface area contributed by atoms with Gasteiger partial charge in [0.25, 0.3) is 5.91 Å². The average Bonchev–Trinajstić information content (AvgIpc) is 3.19. The van der Waals surface area contributed by atoms with Crippen molar-refractivity contribution in [3.05, 3.63) is 59.9 Å². The second-order valence-corrected chi connectivity index (χ2v) is 7.80. The van der Waals surface area contributed by atoms with E-state index in [2.05, 4.69) is 20.9 Å². The standard InChI is InChI=1S/C22H26N4O2/c27-20(17-8-11-23-12-9-17)26-19-6-4-16(5-7-19)13-25-21(28)22-10-2-1-3-18(22)14-24-15-22/h4-9,11-12,18,24H,1-3,10,13-15H2,(H,25,28)(H,26,27)/t18-,22+/m0/s1. The molecular formula is C22H26N4O2. The number of hydrogen-bond donors (Lipinski definition) is 3. The van der Waals surface area contributed by atoms with Gasteiger partial charge >= 0.3 is 0 Å². The van der Waals surface area contributed by atoms with Crippen molar-refractivity contribution in [2.75, 3.05) is 18.4 Å². The monoisotopic (exact) mass is 378 g/mol. The molecule has 2 atom stereocenters. The Labute approximate surface area is 165 Å². The third-order valence-electron chi connectivity index (χ3n) is 6.10. The van der Waals surface area contributed by atoms with Crippen molar-refractivity contribution in [3.63, 3.8) is 0 Å². The minimum Gasteiger partial charge on any atom is -0.351 e. The Hall–Kier alpha value is -2.73. The Morgan fingerprint density at radius 3 is 2.68 bits per heavy atom. The van der Waals surface area contributed by atoms with E-state index in [1.165, 1.54) is 6.42 Å². The van der Waals surface area contributed by atoms with Crippen LogP contribution >= 0.6 is 0 Å². The molecule has 146 valence electrons. The second-order valence-electron chi connectivity index (χ2n) is 7.80. The maximum atomic E-state index is 12.9. The third kappa shape index (κ3) is 3.78. The quantitative estimate of drug-likeness (QED) is 0.747. The fourth-order valence-corrected chi connectivity index (χ4v) is 4.46. The van der Waals surface area contributed by atoms with E-state index in [9.17, 15) is 9.59 Å². The summed E-state index contributed by atoms with van der Waals surface area (Å²) < 4.78 is 0. The molecule has 4 rings (SSSR count). The molecule has 2 heterocycles. The number of hydrogen-bond acceptors (Lipinski definition) is 4. The van der Waals surface area contributed by atoms with Gasteiger partial charge in [-0.05, 0) is 55.1 Å². The van der Waals surface area contributed by atoms with Gasteiger partial charge in [0.05, 0.1) is 5.41 Å². The van der Waals surface area contributed by atoms with Crippen molar-refractivity contribution in [2.45, 2.75) is 32.2 Å². The lowest BCUT2D eigenvalue weighted by Gasteiger charge is -2.37. The highest BCUT2D eigenvalue weighted by Crippen LogP contribution is 2.43. The number of nitrogens with one attached hydrogen (secondary N) is 3. The molecule has 2 fully saturated rings. The van der Waals surface area contributed by atoms with Crippen molar-refractivity contribution in [1.82, 2.24) is 15.6 Å². The van der Waals surface area contributed by atoms with Crippen LogP contribution in [0, 0.1) is 11.3 Å². The SMILES string of the molecule is O=C(Nc1ccc(CNC(=O)[C@@]23CCCC[C@H]2CNC3)cc1)c1ccncc1. The van der Waals surface area contributed by atoms with Gasteiger partial charge in [0.1, 0.15) is 0 Å². The van der Waals surface area contributed by atoms with Crippen molar-refractivity contribution < 1.29 is 9.59 Å². The first-order valence-corrected chi connectivity index (χ1v) is 9.97. The fourth-order valence-electron chi connectivity index (χ4n) is 4.46. The summed E-state index contributed by atoms with van der Waals surface area (Å²) in [5, 5.41) is 9.43. The number of fused-ring (bicyclic) bond motifs is 1. The van der Waals surface area contributed by atoms with Gasteiger partial charge < -0.3 is 16.0 Å². The number of nitrogens with zero attached hydrogens (tertiary/aromatic N) is 1. The predicted molar refractivity (Wildman–Crippen MR) is 108 cm³/mol. The molecule has 1 saturated carbocycles. The minimum absolute atomic E-state index is 0.167. The van der Waals surface area contributed by atoms with E-state index in [0.29, 0.717) is 18.0 Å². The van der Waals surface area contributed by atoms with E-state index < -0.39 is 0 Å². The highest BCUT2D eigenvalue weighted by atomic mass is 16.2. The molecule has 1 aromatic heterocycles. The molecule has 0 spiro atoms. The Morgan fingerprint density at radius 1 is 1.11 bits per heavy atom. The molecular weight excluding hydrogens is 352 g/mol. The van der Waals surface area contributed by atoms with E-state index in [1.54, 1.807) is 24.5 Å². The Kier molecular flexibility index (Phi) is 5.39. The van der Waals surface area contributed by atoms with Gasteiger partial charge in [0.15, 0.2) is 0 Å². The van der Waals surface area contributed by atoms with Crippen LogP contribution < -0.4 is 16.0 Å². The highest BCUT2D eigenvalue weighted by Gasteiger charge is 2.49. The first-order chi connectivity index (χ1) is 13.7.